The van der Waals surface area contributed by atoms with Gasteiger partial charge in [-0.25, -0.2) is 0 Å². The molecule has 0 fully saturated rings. The second kappa shape index (κ2) is 6.77. The van der Waals surface area contributed by atoms with E-state index in [1.807, 2.05) is 18.2 Å². The average Bonchev–Trinajstić information content (AvgIpc) is 2.97. The number of rotatable bonds is 3. The maximum absolute atomic E-state index is 12.4. The maximum Gasteiger partial charge on any atom is 0.276 e. The van der Waals surface area contributed by atoms with Crippen LogP contribution in [0.2, 0.25) is 5.02 Å². The number of nitrogens with zero attached hydrogens (tertiary/aromatic N) is 3. The number of hydrogen-bond acceptors (Lipinski definition) is 4. The first kappa shape index (κ1) is 16.5. The summed E-state index contributed by atoms with van der Waals surface area (Å²) in [6.45, 7) is 2.15. The molecule has 1 aromatic heterocycles. The summed E-state index contributed by atoms with van der Waals surface area (Å²) in [6.07, 6.45) is 0.967. The summed E-state index contributed by atoms with van der Waals surface area (Å²) in [5.41, 5.74) is 3.32. The lowest BCUT2D eigenvalue weighted by Crippen LogP contribution is -2.25. The summed E-state index contributed by atoms with van der Waals surface area (Å²) < 4.78 is 0. The molecule has 1 aliphatic heterocycles. The maximum atomic E-state index is 12.4. The minimum Gasteiger partial charge on any atom is -0.321 e. The van der Waals surface area contributed by atoms with Crippen molar-refractivity contribution in [2.24, 2.45) is 0 Å². The minimum atomic E-state index is -0.318. The SMILES string of the molecule is CC1Cc2ccccc2N1c1ccc(C(=O)Nc2cccc(Cl)c2)nn1. The fourth-order valence-corrected chi connectivity index (χ4v) is 3.44. The number of hydrogen-bond donors (Lipinski definition) is 1. The molecule has 1 aliphatic rings. The van der Waals surface area contributed by atoms with E-state index in [-0.39, 0.29) is 11.6 Å². The highest BCUT2D eigenvalue weighted by Gasteiger charge is 2.28. The summed E-state index contributed by atoms with van der Waals surface area (Å²) in [5, 5.41) is 11.7. The molecule has 6 heteroatoms. The van der Waals surface area contributed by atoms with E-state index in [0.29, 0.717) is 16.8 Å². The number of fused-ring (bicyclic) bond motifs is 1. The molecule has 1 atom stereocenters. The highest BCUT2D eigenvalue weighted by Crippen LogP contribution is 2.36. The van der Waals surface area contributed by atoms with Crippen LogP contribution in [-0.4, -0.2) is 22.1 Å². The fourth-order valence-electron chi connectivity index (χ4n) is 3.25. The van der Waals surface area contributed by atoms with Crippen molar-refractivity contribution in [3.8, 4) is 0 Å². The van der Waals surface area contributed by atoms with Crippen LogP contribution in [0, 0.1) is 0 Å². The van der Waals surface area contributed by atoms with Crippen LogP contribution in [0.3, 0.4) is 0 Å². The molecule has 1 amide bonds. The smallest absolute Gasteiger partial charge is 0.276 e. The number of carbonyl (C=O) groups excluding carboxylic acids is 1. The molecule has 0 spiro atoms. The normalized spacial score (nSPS) is 15.6. The average molecular weight is 365 g/mol. The lowest BCUT2D eigenvalue weighted by molar-refractivity contribution is 0.102. The van der Waals surface area contributed by atoms with Gasteiger partial charge in [0.15, 0.2) is 11.5 Å². The van der Waals surface area contributed by atoms with Crippen LogP contribution < -0.4 is 10.2 Å². The molecule has 0 saturated heterocycles. The molecule has 1 unspecified atom stereocenters. The van der Waals surface area contributed by atoms with Crippen molar-refractivity contribution in [2.75, 3.05) is 10.2 Å². The molecule has 3 aromatic rings. The predicted octanol–water partition coefficient (Wildman–Crippen LogP) is 4.47. The fraction of sp³-hybridized carbons (Fsp3) is 0.150. The van der Waals surface area contributed by atoms with E-state index in [9.17, 15) is 4.79 Å². The van der Waals surface area contributed by atoms with Crippen LogP contribution in [0.4, 0.5) is 17.2 Å². The molecule has 2 aromatic carbocycles. The first-order valence-corrected chi connectivity index (χ1v) is 8.77. The number of amides is 1. The van der Waals surface area contributed by atoms with E-state index in [4.69, 9.17) is 11.6 Å². The summed E-state index contributed by atoms with van der Waals surface area (Å²) in [4.78, 5) is 14.5. The molecule has 5 nitrogen and oxygen atoms in total. The Morgan fingerprint density at radius 2 is 1.96 bits per heavy atom. The van der Waals surface area contributed by atoms with Crippen molar-refractivity contribution in [1.29, 1.82) is 0 Å². The van der Waals surface area contributed by atoms with Crippen LogP contribution in [0.1, 0.15) is 23.0 Å². The Morgan fingerprint density at radius 1 is 1.12 bits per heavy atom. The molecule has 4 rings (SSSR count). The number of benzene rings is 2. The Hall–Kier alpha value is -2.92. The Balaban J connectivity index is 1.55. The lowest BCUT2D eigenvalue weighted by Gasteiger charge is -2.23. The third-order valence-corrected chi connectivity index (χ3v) is 4.65. The van der Waals surface area contributed by atoms with Crippen molar-refractivity contribution in [2.45, 2.75) is 19.4 Å². The first-order valence-electron chi connectivity index (χ1n) is 8.39. The Morgan fingerprint density at radius 3 is 2.73 bits per heavy atom. The summed E-state index contributed by atoms with van der Waals surface area (Å²) in [6, 6.07) is 19.1. The molecular formula is C20H17ClN4O. The number of carbonyl (C=O) groups is 1. The van der Waals surface area contributed by atoms with Gasteiger partial charge in [-0.3, -0.25) is 4.79 Å². The predicted molar refractivity (Wildman–Crippen MR) is 103 cm³/mol. The van der Waals surface area contributed by atoms with E-state index >= 15 is 0 Å². The van der Waals surface area contributed by atoms with Crippen LogP contribution in [0.15, 0.2) is 60.7 Å². The van der Waals surface area contributed by atoms with Crippen LogP contribution in [0.5, 0.6) is 0 Å². The van der Waals surface area contributed by atoms with Crippen molar-refractivity contribution in [3.05, 3.63) is 76.9 Å². The Kier molecular flexibility index (Phi) is 4.31. The molecule has 0 bridgehead atoms. The zero-order valence-corrected chi connectivity index (χ0v) is 14.9. The number of anilines is 3. The second-order valence-corrected chi connectivity index (χ2v) is 6.73. The number of aromatic nitrogens is 2. The zero-order valence-electron chi connectivity index (χ0n) is 14.2. The highest BCUT2D eigenvalue weighted by atomic mass is 35.5. The van der Waals surface area contributed by atoms with E-state index in [1.165, 1.54) is 5.56 Å². The summed E-state index contributed by atoms with van der Waals surface area (Å²) in [5.74, 6) is 0.419. The molecule has 1 N–H and O–H groups in total. The van der Waals surface area contributed by atoms with Crippen molar-refractivity contribution < 1.29 is 4.79 Å². The minimum absolute atomic E-state index is 0.258. The van der Waals surface area contributed by atoms with Gasteiger partial charge in [-0.15, -0.1) is 10.2 Å². The van der Waals surface area contributed by atoms with Gasteiger partial charge in [-0.1, -0.05) is 35.9 Å². The third-order valence-electron chi connectivity index (χ3n) is 4.42. The van der Waals surface area contributed by atoms with Crippen LogP contribution in [-0.2, 0) is 6.42 Å². The molecule has 0 saturated carbocycles. The van der Waals surface area contributed by atoms with Gasteiger partial charge in [0, 0.05) is 22.4 Å². The van der Waals surface area contributed by atoms with E-state index in [2.05, 4.69) is 39.5 Å². The van der Waals surface area contributed by atoms with Gasteiger partial charge in [0.05, 0.1) is 0 Å². The van der Waals surface area contributed by atoms with Crippen molar-refractivity contribution in [3.63, 3.8) is 0 Å². The number of nitrogens with one attached hydrogen (secondary N) is 1. The molecule has 0 aliphatic carbocycles. The Labute approximate surface area is 156 Å². The van der Waals surface area contributed by atoms with Gasteiger partial charge in [0.2, 0.25) is 0 Å². The van der Waals surface area contributed by atoms with Crippen molar-refractivity contribution >= 4 is 34.7 Å². The highest BCUT2D eigenvalue weighted by molar-refractivity contribution is 6.30. The quantitative estimate of drug-likeness (QED) is 0.745. The monoisotopic (exact) mass is 364 g/mol. The van der Waals surface area contributed by atoms with Gasteiger partial charge in [-0.2, -0.15) is 0 Å². The van der Waals surface area contributed by atoms with E-state index in [1.54, 1.807) is 30.3 Å². The van der Waals surface area contributed by atoms with Gasteiger partial charge in [0.1, 0.15) is 0 Å². The van der Waals surface area contributed by atoms with Gasteiger partial charge in [0.25, 0.3) is 5.91 Å². The molecule has 130 valence electrons. The van der Waals surface area contributed by atoms with Gasteiger partial charge in [-0.05, 0) is 55.3 Å². The number of para-hydroxylation sites is 1. The Bertz CT molecular complexity index is 958. The zero-order chi connectivity index (χ0) is 18.1. The van der Waals surface area contributed by atoms with E-state index < -0.39 is 0 Å². The van der Waals surface area contributed by atoms with Gasteiger partial charge < -0.3 is 10.2 Å². The first-order chi connectivity index (χ1) is 12.6. The van der Waals surface area contributed by atoms with Crippen LogP contribution in [0.25, 0.3) is 0 Å². The topological polar surface area (TPSA) is 58.1 Å². The summed E-state index contributed by atoms with van der Waals surface area (Å²) >= 11 is 5.94. The van der Waals surface area contributed by atoms with E-state index in [0.717, 1.165) is 17.9 Å². The standard InChI is InChI=1S/C20H17ClN4O/c1-13-11-14-5-2-3-8-18(14)25(13)19-10-9-17(23-24-19)20(26)22-16-7-4-6-15(21)12-16/h2-10,12-13H,11H2,1H3,(H,22,26). The van der Waals surface area contributed by atoms with Gasteiger partial charge >= 0.3 is 0 Å². The molecule has 0 radical (unpaired) electrons. The summed E-state index contributed by atoms with van der Waals surface area (Å²) in [7, 11) is 0. The third kappa shape index (κ3) is 3.13. The molecule has 2 heterocycles. The number of halogens is 1. The molecular weight excluding hydrogens is 348 g/mol. The van der Waals surface area contributed by atoms with Crippen LogP contribution >= 0.6 is 11.6 Å². The molecule has 26 heavy (non-hydrogen) atoms. The lowest BCUT2D eigenvalue weighted by atomic mass is 10.1. The largest absolute Gasteiger partial charge is 0.321 e. The second-order valence-electron chi connectivity index (χ2n) is 6.29. The van der Waals surface area contributed by atoms with Crippen molar-refractivity contribution in [1.82, 2.24) is 10.2 Å².